The molecule has 0 aliphatic heterocycles. The third-order valence-corrected chi connectivity index (χ3v) is 7.28. The van der Waals surface area contributed by atoms with Crippen molar-refractivity contribution < 1.29 is 23.4 Å². The average Bonchev–Trinajstić information content (AvgIpc) is 3.72. The van der Waals surface area contributed by atoms with Crippen LogP contribution in [0.15, 0.2) is 93.6 Å². The summed E-state index contributed by atoms with van der Waals surface area (Å²) in [7, 11) is 1.57. The van der Waals surface area contributed by atoms with E-state index in [4.69, 9.17) is 18.6 Å². The highest BCUT2D eigenvalue weighted by Gasteiger charge is 2.09. The van der Waals surface area contributed by atoms with Gasteiger partial charge in [-0.2, -0.15) is 0 Å². The number of carbonyl (C=O) groups is 1. The van der Waals surface area contributed by atoms with Crippen molar-refractivity contribution in [2.75, 3.05) is 13.7 Å². The first-order valence-corrected chi connectivity index (χ1v) is 14.7. The zero-order chi connectivity index (χ0) is 29.9. The van der Waals surface area contributed by atoms with Crippen molar-refractivity contribution in [3.63, 3.8) is 0 Å². The van der Waals surface area contributed by atoms with Crippen molar-refractivity contribution >= 4 is 40.2 Å². The topological polar surface area (TPSA) is 106 Å². The number of ketones is 1. The van der Waals surface area contributed by atoms with Gasteiger partial charge in [-0.3, -0.25) is 9.48 Å². The molecule has 5 aromatic rings. The van der Waals surface area contributed by atoms with Gasteiger partial charge in [0.1, 0.15) is 23.6 Å². The lowest BCUT2D eigenvalue weighted by molar-refractivity contribution is -0.110. The van der Waals surface area contributed by atoms with Crippen molar-refractivity contribution in [1.29, 1.82) is 0 Å². The van der Waals surface area contributed by atoms with Gasteiger partial charge in [0.25, 0.3) is 0 Å². The number of rotatable bonds is 15. The van der Waals surface area contributed by atoms with Crippen molar-refractivity contribution in [2.45, 2.75) is 32.4 Å². The Morgan fingerprint density at radius 2 is 1.84 bits per heavy atom. The summed E-state index contributed by atoms with van der Waals surface area (Å²) in [6, 6.07) is 18.1. The number of aryl methyl sites for hydroxylation is 1. The summed E-state index contributed by atoms with van der Waals surface area (Å²) in [6.45, 7) is 1.46. The van der Waals surface area contributed by atoms with Gasteiger partial charge in [-0.25, -0.2) is 4.79 Å². The van der Waals surface area contributed by atoms with Crippen LogP contribution in [0.1, 0.15) is 35.4 Å². The highest BCUT2D eigenvalue weighted by Crippen LogP contribution is 2.29. The molecule has 220 valence electrons. The first kappa shape index (κ1) is 29.5. The lowest BCUT2D eigenvalue weighted by atomic mass is 10.1. The summed E-state index contributed by atoms with van der Waals surface area (Å²) in [5.41, 5.74) is 1.62. The SMILES string of the molecule is COc1cc(/C=C/C(=O)/C=C/c2cccs2)ccc1OCc1cn(CCCCCOc2cc(=O)oc3ccccc23)nn1. The van der Waals surface area contributed by atoms with Gasteiger partial charge in [0.15, 0.2) is 17.3 Å². The maximum Gasteiger partial charge on any atom is 0.339 e. The first-order valence-electron chi connectivity index (χ1n) is 13.9. The summed E-state index contributed by atoms with van der Waals surface area (Å²) in [5, 5.41) is 11.2. The third kappa shape index (κ3) is 8.52. The number of ether oxygens (including phenoxy) is 3. The van der Waals surface area contributed by atoms with E-state index in [9.17, 15) is 9.59 Å². The number of benzene rings is 2. The Morgan fingerprint density at radius 3 is 2.70 bits per heavy atom. The number of allylic oxidation sites excluding steroid dienone is 2. The molecule has 0 saturated heterocycles. The highest BCUT2D eigenvalue weighted by atomic mass is 32.1. The summed E-state index contributed by atoms with van der Waals surface area (Å²) < 4.78 is 24.3. The largest absolute Gasteiger partial charge is 0.493 e. The molecule has 43 heavy (non-hydrogen) atoms. The molecule has 0 aliphatic carbocycles. The van der Waals surface area contributed by atoms with E-state index in [1.807, 2.05) is 60.1 Å². The number of nitrogens with zero attached hydrogens (tertiary/aromatic N) is 3. The molecule has 0 fully saturated rings. The number of unbranched alkanes of at least 4 members (excludes halogenated alkanes) is 2. The lowest BCUT2D eigenvalue weighted by Crippen LogP contribution is -2.04. The molecule has 0 radical (unpaired) electrons. The maximum atomic E-state index is 12.2. The second kappa shape index (κ2) is 14.8. The summed E-state index contributed by atoms with van der Waals surface area (Å²) >= 11 is 1.58. The zero-order valence-corrected chi connectivity index (χ0v) is 24.5. The van der Waals surface area contributed by atoms with Crippen molar-refractivity contribution in [2.24, 2.45) is 0 Å². The Bertz CT molecular complexity index is 1770. The van der Waals surface area contributed by atoms with Crippen LogP contribution in [0.2, 0.25) is 0 Å². The number of aromatic nitrogens is 3. The maximum absolute atomic E-state index is 12.2. The van der Waals surface area contributed by atoms with Crippen LogP contribution in [0.25, 0.3) is 23.1 Å². The molecule has 10 heteroatoms. The van der Waals surface area contributed by atoms with E-state index in [1.54, 1.807) is 47.4 Å². The molecule has 2 aromatic carbocycles. The quantitative estimate of drug-likeness (QED) is 0.0757. The van der Waals surface area contributed by atoms with Gasteiger partial charge in [0.2, 0.25) is 0 Å². The van der Waals surface area contributed by atoms with Gasteiger partial charge in [0, 0.05) is 11.4 Å². The molecule has 5 rings (SSSR count). The van der Waals surface area contributed by atoms with Gasteiger partial charge < -0.3 is 18.6 Å². The minimum Gasteiger partial charge on any atom is -0.493 e. The smallest absolute Gasteiger partial charge is 0.339 e. The van der Waals surface area contributed by atoms with Gasteiger partial charge in [-0.1, -0.05) is 35.6 Å². The number of methoxy groups -OCH3 is 1. The number of hydrogen-bond donors (Lipinski definition) is 0. The molecule has 3 heterocycles. The minimum absolute atomic E-state index is 0.0967. The van der Waals surface area contributed by atoms with Crippen LogP contribution in [-0.4, -0.2) is 34.5 Å². The fourth-order valence-electron chi connectivity index (χ4n) is 4.29. The molecular weight excluding hydrogens is 566 g/mol. The van der Waals surface area contributed by atoms with Crippen LogP contribution in [-0.2, 0) is 17.9 Å². The van der Waals surface area contributed by atoms with Crippen LogP contribution in [0.5, 0.6) is 17.2 Å². The first-order chi connectivity index (χ1) is 21.1. The van der Waals surface area contributed by atoms with Crippen molar-refractivity contribution in [1.82, 2.24) is 15.0 Å². The minimum atomic E-state index is -0.422. The van der Waals surface area contributed by atoms with Crippen molar-refractivity contribution in [3.05, 3.63) is 111 Å². The summed E-state index contributed by atoms with van der Waals surface area (Å²) in [4.78, 5) is 25.0. The normalized spacial score (nSPS) is 11.5. The Hall–Kier alpha value is -4.96. The summed E-state index contributed by atoms with van der Waals surface area (Å²) in [5.74, 6) is 1.58. The second-order valence-corrected chi connectivity index (χ2v) is 10.6. The van der Waals surface area contributed by atoms with E-state index >= 15 is 0 Å². The van der Waals surface area contributed by atoms with E-state index in [2.05, 4.69) is 10.3 Å². The standard InChI is InChI=1S/C33H31N3O6S/c1-39-32-20-24(11-13-26(37)14-15-27-8-7-19-43-27)12-16-30(32)41-23-25-22-36(35-34-25)17-5-2-6-18-40-31-21-33(38)42-29-10-4-3-9-28(29)31/h3-4,7-16,19-22H,2,5-6,17-18,23H2,1H3/b13-11+,15-14+. The molecule has 0 amide bonds. The Balaban J connectivity index is 1.04. The van der Waals surface area contributed by atoms with E-state index in [-0.39, 0.29) is 12.4 Å². The molecule has 0 bridgehead atoms. The molecule has 0 unspecified atom stereocenters. The van der Waals surface area contributed by atoms with Gasteiger partial charge in [-0.15, -0.1) is 16.4 Å². The molecule has 0 saturated carbocycles. The van der Waals surface area contributed by atoms with E-state index in [0.29, 0.717) is 35.1 Å². The fourth-order valence-corrected chi connectivity index (χ4v) is 4.91. The van der Waals surface area contributed by atoms with Gasteiger partial charge >= 0.3 is 5.63 Å². The van der Waals surface area contributed by atoms with Crippen LogP contribution >= 0.6 is 11.3 Å². The van der Waals surface area contributed by atoms with Crippen LogP contribution in [0.4, 0.5) is 0 Å². The predicted octanol–water partition coefficient (Wildman–Crippen LogP) is 6.58. The van der Waals surface area contributed by atoms with Crippen molar-refractivity contribution in [3.8, 4) is 17.2 Å². The zero-order valence-electron chi connectivity index (χ0n) is 23.7. The average molecular weight is 598 g/mol. The lowest BCUT2D eigenvalue weighted by Gasteiger charge is -2.10. The number of para-hydroxylation sites is 1. The van der Waals surface area contributed by atoms with Crippen LogP contribution < -0.4 is 19.8 Å². The highest BCUT2D eigenvalue weighted by molar-refractivity contribution is 7.10. The Labute approximate surface area is 252 Å². The van der Waals surface area contributed by atoms with Crippen LogP contribution in [0, 0.1) is 0 Å². The number of carbonyl (C=O) groups excluding carboxylic acids is 1. The van der Waals surface area contributed by atoms with Gasteiger partial charge in [-0.05, 0) is 78.8 Å². The molecule has 9 nitrogen and oxygen atoms in total. The van der Waals surface area contributed by atoms with Gasteiger partial charge in [0.05, 0.1) is 31.4 Å². The molecule has 0 N–H and O–H groups in total. The van der Waals surface area contributed by atoms with Crippen LogP contribution in [0.3, 0.4) is 0 Å². The number of thiophene rings is 1. The van der Waals surface area contributed by atoms with E-state index in [0.717, 1.165) is 41.6 Å². The molecule has 0 atom stereocenters. The summed E-state index contributed by atoms with van der Waals surface area (Å²) in [6.07, 6.45) is 11.2. The Kier molecular flexibility index (Phi) is 10.2. The Morgan fingerprint density at radius 1 is 0.953 bits per heavy atom. The molecule has 0 spiro atoms. The predicted molar refractivity (Wildman–Crippen MR) is 167 cm³/mol. The molecular formula is C33H31N3O6S. The van der Waals surface area contributed by atoms with E-state index in [1.165, 1.54) is 12.1 Å². The molecule has 3 aromatic heterocycles. The third-order valence-electron chi connectivity index (χ3n) is 6.45. The second-order valence-electron chi connectivity index (χ2n) is 9.59. The fraction of sp³-hybridized carbons (Fsp3) is 0.212. The number of fused-ring (bicyclic) bond motifs is 1. The molecule has 0 aliphatic rings. The van der Waals surface area contributed by atoms with E-state index < -0.39 is 5.63 Å². The number of hydrogen-bond acceptors (Lipinski definition) is 9. The monoisotopic (exact) mass is 597 g/mol.